The third-order valence-electron chi connectivity index (χ3n) is 3.85. The number of pyridine rings is 1. The van der Waals surface area contributed by atoms with Gasteiger partial charge in [0, 0.05) is 26.4 Å². The Balaban J connectivity index is 2.34. The van der Waals surface area contributed by atoms with E-state index in [1.807, 2.05) is 32.0 Å². The minimum Gasteiger partial charge on any atom is -0.383 e. The number of aromatic amines is 1. The average molecular weight is 343 g/mol. The number of H-pyrrole nitrogens is 1. The summed E-state index contributed by atoms with van der Waals surface area (Å²) in [6.45, 7) is 5.32. The van der Waals surface area contributed by atoms with E-state index in [2.05, 4.69) is 15.0 Å². The maximum atomic E-state index is 12.5. The summed E-state index contributed by atoms with van der Waals surface area (Å²) >= 11 is 0. The molecule has 0 radical (unpaired) electrons. The van der Waals surface area contributed by atoms with Crippen LogP contribution in [0.1, 0.15) is 13.8 Å². The number of methoxy groups -OCH3 is 1. The first-order valence-electron chi connectivity index (χ1n) is 8.16. The molecule has 25 heavy (non-hydrogen) atoms. The lowest BCUT2D eigenvalue weighted by Crippen LogP contribution is -2.32. The van der Waals surface area contributed by atoms with Crippen molar-refractivity contribution >= 4 is 11.2 Å². The standard InChI is InChI=1S/C17H21N5O3/c1-11(2)10-22-15-13(16(23)20-17(22)24)21(8-9-25-3)14(19-15)12-6-4-5-7-18-12/h4-7,11H,8-10H2,1-3H3,(H,20,23,24). The summed E-state index contributed by atoms with van der Waals surface area (Å²) in [7, 11) is 1.60. The summed E-state index contributed by atoms with van der Waals surface area (Å²) in [4.78, 5) is 36.1. The molecule has 3 aromatic rings. The molecule has 0 saturated heterocycles. The molecule has 3 heterocycles. The van der Waals surface area contributed by atoms with Crippen LogP contribution in [0.15, 0.2) is 34.0 Å². The molecule has 1 N–H and O–H groups in total. The van der Waals surface area contributed by atoms with E-state index in [-0.39, 0.29) is 5.92 Å². The first-order chi connectivity index (χ1) is 12.0. The molecular formula is C17H21N5O3. The average Bonchev–Trinajstić information content (AvgIpc) is 2.97. The van der Waals surface area contributed by atoms with Crippen molar-refractivity contribution in [1.82, 2.24) is 24.1 Å². The molecule has 0 fully saturated rings. The van der Waals surface area contributed by atoms with E-state index in [4.69, 9.17) is 4.74 Å². The fraction of sp³-hybridized carbons (Fsp3) is 0.412. The number of nitrogens with zero attached hydrogens (tertiary/aromatic N) is 4. The van der Waals surface area contributed by atoms with Gasteiger partial charge in [0.25, 0.3) is 5.56 Å². The maximum absolute atomic E-state index is 12.5. The Labute approximate surface area is 144 Å². The second-order valence-corrected chi connectivity index (χ2v) is 6.23. The van der Waals surface area contributed by atoms with E-state index >= 15 is 0 Å². The highest BCUT2D eigenvalue weighted by Gasteiger charge is 2.20. The summed E-state index contributed by atoms with van der Waals surface area (Å²) in [5.41, 5.74) is 0.468. The van der Waals surface area contributed by atoms with Crippen LogP contribution < -0.4 is 11.2 Å². The SMILES string of the molecule is COCCn1c(-c2ccccn2)nc2c1c(=O)[nH]c(=O)n2CC(C)C. The zero-order valence-electron chi connectivity index (χ0n) is 14.5. The molecular weight excluding hydrogens is 322 g/mol. The normalized spacial score (nSPS) is 11.5. The molecule has 0 aromatic carbocycles. The van der Waals surface area contributed by atoms with Crippen molar-refractivity contribution in [2.45, 2.75) is 26.9 Å². The zero-order valence-corrected chi connectivity index (χ0v) is 14.5. The lowest BCUT2D eigenvalue weighted by Gasteiger charge is -2.09. The molecule has 8 heteroatoms. The highest BCUT2D eigenvalue weighted by molar-refractivity contribution is 5.76. The Morgan fingerprint density at radius 2 is 2.04 bits per heavy atom. The molecule has 0 aliphatic rings. The predicted octanol–water partition coefficient (Wildman–Crippen LogP) is 1.25. The molecule has 0 amide bonds. The van der Waals surface area contributed by atoms with Gasteiger partial charge in [0.05, 0.1) is 6.61 Å². The first kappa shape index (κ1) is 17.1. The summed E-state index contributed by atoms with van der Waals surface area (Å²) in [5, 5.41) is 0. The number of hydrogen-bond donors (Lipinski definition) is 1. The molecule has 3 aromatic heterocycles. The Hall–Kier alpha value is -2.74. The third-order valence-corrected chi connectivity index (χ3v) is 3.85. The molecule has 0 saturated carbocycles. The van der Waals surface area contributed by atoms with E-state index < -0.39 is 11.2 Å². The fourth-order valence-corrected chi connectivity index (χ4v) is 2.80. The zero-order chi connectivity index (χ0) is 18.0. The minimum absolute atomic E-state index is 0.231. The molecule has 8 nitrogen and oxygen atoms in total. The van der Waals surface area contributed by atoms with Gasteiger partial charge in [-0.25, -0.2) is 9.78 Å². The number of rotatable bonds is 6. The Kier molecular flexibility index (Phi) is 4.80. The summed E-state index contributed by atoms with van der Waals surface area (Å²) in [6, 6.07) is 5.49. The highest BCUT2D eigenvalue weighted by atomic mass is 16.5. The molecule has 0 spiro atoms. The summed E-state index contributed by atoms with van der Waals surface area (Å²) in [5.74, 6) is 0.774. The van der Waals surface area contributed by atoms with Crippen molar-refractivity contribution in [2.24, 2.45) is 5.92 Å². The molecule has 3 rings (SSSR count). The highest BCUT2D eigenvalue weighted by Crippen LogP contribution is 2.21. The van der Waals surface area contributed by atoms with Gasteiger partial charge in [-0.2, -0.15) is 0 Å². The van der Waals surface area contributed by atoms with Crippen molar-refractivity contribution < 1.29 is 4.74 Å². The van der Waals surface area contributed by atoms with Crippen molar-refractivity contribution in [3.8, 4) is 11.5 Å². The van der Waals surface area contributed by atoms with E-state index in [9.17, 15) is 9.59 Å². The Bertz CT molecular complexity index is 985. The van der Waals surface area contributed by atoms with E-state index in [0.717, 1.165) is 0 Å². The van der Waals surface area contributed by atoms with Gasteiger partial charge < -0.3 is 9.30 Å². The quantitative estimate of drug-likeness (QED) is 0.727. The van der Waals surface area contributed by atoms with Crippen LogP contribution in [0.5, 0.6) is 0 Å². The number of hydrogen-bond acceptors (Lipinski definition) is 5. The smallest absolute Gasteiger partial charge is 0.330 e. The van der Waals surface area contributed by atoms with Crippen molar-refractivity contribution in [3.05, 3.63) is 45.2 Å². The van der Waals surface area contributed by atoms with Gasteiger partial charge in [-0.05, 0) is 18.1 Å². The third kappa shape index (κ3) is 3.25. The molecule has 0 unspecified atom stereocenters. The van der Waals surface area contributed by atoms with Crippen LogP contribution in [0.2, 0.25) is 0 Å². The Morgan fingerprint density at radius 1 is 1.24 bits per heavy atom. The topological polar surface area (TPSA) is 94.8 Å². The van der Waals surface area contributed by atoms with Gasteiger partial charge in [-0.1, -0.05) is 19.9 Å². The Morgan fingerprint density at radius 3 is 2.68 bits per heavy atom. The van der Waals surface area contributed by atoms with Gasteiger partial charge >= 0.3 is 5.69 Å². The van der Waals surface area contributed by atoms with Crippen molar-refractivity contribution in [3.63, 3.8) is 0 Å². The number of ether oxygens (including phenoxy) is 1. The van der Waals surface area contributed by atoms with Gasteiger partial charge in [-0.3, -0.25) is 19.3 Å². The van der Waals surface area contributed by atoms with E-state index in [1.54, 1.807) is 17.9 Å². The van der Waals surface area contributed by atoms with Gasteiger partial charge in [0.1, 0.15) is 5.69 Å². The van der Waals surface area contributed by atoms with Crippen LogP contribution in [-0.4, -0.2) is 37.8 Å². The van der Waals surface area contributed by atoms with Crippen molar-refractivity contribution in [1.29, 1.82) is 0 Å². The largest absolute Gasteiger partial charge is 0.383 e. The number of fused-ring (bicyclic) bond motifs is 1. The van der Waals surface area contributed by atoms with Crippen LogP contribution in [0.4, 0.5) is 0 Å². The fourth-order valence-electron chi connectivity index (χ4n) is 2.80. The number of aromatic nitrogens is 5. The number of nitrogens with one attached hydrogen (secondary N) is 1. The lowest BCUT2D eigenvalue weighted by atomic mass is 10.2. The lowest BCUT2D eigenvalue weighted by molar-refractivity contribution is 0.188. The molecule has 0 aliphatic heterocycles. The molecule has 0 aliphatic carbocycles. The second-order valence-electron chi connectivity index (χ2n) is 6.23. The van der Waals surface area contributed by atoms with E-state index in [1.165, 1.54) is 4.57 Å². The maximum Gasteiger partial charge on any atom is 0.330 e. The molecule has 132 valence electrons. The van der Waals surface area contributed by atoms with Crippen LogP contribution >= 0.6 is 0 Å². The van der Waals surface area contributed by atoms with Crippen molar-refractivity contribution in [2.75, 3.05) is 13.7 Å². The van der Waals surface area contributed by atoms with Gasteiger partial charge in [0.15, 0.2) is 17.0 Å². The second kappa shape index (κ2) is 7.02. The van der Waals surface area contributed by atoms with Crippen LogP contribution in [0.3, 0.4) is 0 Å². The monoisotopic (exact) mass is 343 g/mol. The van der Waals surface area contributed by atoms with E-state index in [0.29, 0.717) is 42.4 Å². The summed E-state index contributed by atoms with van der Waals surface area (Å²) in [6.07, 6.45) is 1.67. The van der Waals surface area contributed by atoms with Crippen LogP contribution in [0.25, 0.3) is 22.7 Å². The first-order valence-corrected chi connectivity index (χ1v) is 8.16. The van der Waals surface area contributed by atoms with Crippen LogP contribution in [0, 0.1) is 5.92 Å². The predicted molar refractivity (Wildman–Crippen MR) is 94.6 cm³/mol. The minimum atomic E-state index is -0.453. The molecule has 0 atom stereocenters. The van der Waals surface area contributed by atoms with Gasteiger partial charge in [0.2, 0.25) is 0 Å². The number of imidazole rings is 1. The summed E-state index contributed by atoms with van der Waals surface area (Å²) < 4.78 is 8.43. The van der Waals surface area contributed by atoms with Gasteiger partial charge in [-0.15, -0.1) is 0 Å². The van der Waals surface area contributed by atoms with Crippen LogP contribution in [-0.2, 0) is 17.8 Å². The molecule has 0 bridgehead atoms.